The minimum Gasteiger partial charge on any atom is -0.463 e. The summed E-state index contributed by atoms with van der Waals surface area (Å²) in [4.78, 5) is 4.81. The van der Waals surface area contributed by atoms with Crippen molar-refractivity contribution in [2.45, 2.75) is 46.3 Å². The van der Waals surface area contributed by atoms with Crippen LogP contribution in [0, 0.1) is 12.8 Å². The summed E-state index contributed by atoms with van der Waals surface area (Å²) in [6, 6.07) is 2.68. The summed E-state index contributed by atoms with van der Waals surface area (Å²) in [5.41, 5.74) is 1.26. The Balaban J connectivity index is 1.83. The Morgan fingerprint density at radius 3 is 2.86 bits per heavy atom. The van der Waals surface area contributed by atoms with Gasteiger partial charge < -0.3 is 14.6 Å². The molecule has 1 fully saturated rings. The quantitative estimate of drug-likeness (QED) is 0.837. The van der Waals surface area contributed by atoms with Crippen molar-refractivity contribution in [3.05, 3.63) is 23.2 Å². The van der Waals surface area contributed by atoms with Crippen LogP contribution < -0.4 is 5.32 Å². The van der Waals surface area contributed by atoms with Crippen molar-refractivity contribution in [2.75, 3.05) is 33.7 Å². The number of likely N-dealkylation sites (tertiary alicyclic amines) is 1. The smallest absolute Gasteiger partial charge is 0.120 e. The fourth-order valence-corrected chi connectivity index (χ4v) is 3.09. The first-order chi connectivity index (χ1) is 9.94. The molecule has 1 saturated heterocycles. The molecule has 0 aromatic carbocycles. The van der Waals surface area contributed by atoms with Gasteiger partial charge >= 0.3 is 0 Å². The number of nitrogens with one attached hydrogen (secondary N) is 1. The summed E-state index contributed by atoms with van der Waals surface area (Å²) < 4.78 is 6.01. The van der Waals surface area contributed by atoms with Crippen LogP contribution in [0.4, 0.5) is 0 Å². The van der Waals surface area contributed by atoms with E-state index in [1.165, 1.54) is 25.1 Å². The Labute approximate surface area is 129 Å². The van der Waals surface area contributed by atoms with Crippen LogP contribution in [0.1, 0.15) is 37.4 Å². The lowest BCUT2D eigenvalue weighted by Crippen LogP contribution is -2.27. The second kappa shape index (κ2) is 7.43. The van der Waals surface area contributed by atoms with Crippen molar-refractivity contribution in [2.24, 2.45) is 5.92 Å². The van der Waals surface area contributed by atoms with E-state index in [2.05, 4.69) is 56.0 Å². The van der Waals surface area contributed by atoms with Crippen molar-refractivity contribution < 1.29 is 4.42 Å². The molecule has 0 amide bonds. The highest BCUT2D eigenvalue weighted by Gasteiger charge is 2.21. The first kappa shape index (κ1) is 16.5. The van der Waals surface area contributed by atoms with Crippen LogP contribution in [0.25, 0.3) is 0 Å². The first-order valence-corrected chi connectivity index (χ1v) is 8.12. The molecule has 1 unspecified atom stereocenters. The van der Waals surface area contributed by atoms with Gasteiger partial charge in [0, 0.05) is 19.1 Å². The maximum absolute atomic E-state index is 6.01. The maximum atomic E-state index is 6.01. The van der Waals surface area contributed by atoms with E-state index in [9.17, 15) is 0 Å². The third-order valence-corrected chi connectivity index (χ3v) is 4.23. The molecule has 2 heterocycles. The zero-order valence-electron chi connectivity index (χ0n) is 14.3. The number of hydrogen-bond acceptors (Lipinski definition) is 4. The van der Waals surface area contributed by atoms with E-state index in [0.29, 0.717) is 6.04 Å². The van der Waals surface area contributed by atoms with Gasteiger partial charge in [0.25, 0.3) is 0 Å². The number of furan rings is 1. The van der Waals surface area contributed by atoms with Gasteiger partial charge in [0.1, 0.15) is 11.5 Å². The standard InChI is InChI=1S/C17H31N3O/c1-13(2)18-9-17-14(3)8-16(21-17)12-20(5)11-15-6-7-19(4)10-15/h8,13,15,18H,6-7,9-12H2,1-5H3. The number of hydrogen-bond donors (Lipinski definition) is 1. The molecule has 1 aromatic rings. The second-order valence-electron chi connectivity index (χ2n) is 6.97. The van der Waals surface area contributed by atoms with E-state index in [4.69, 9.17) is 4.42 Å². The summed E-state index contributed by atoms with van der Waals surface area (Å²) >= 11 is 0. The molecular weight excluding hydrogens is 262 g/mol. The van der Waals surface area contributed by atoms with E-state index in [1.807, 2.05) is 0 Å². The summed E-state index contributed by atoms with van der Waals surface area (Å²) in [5, 5.41) is 3.42. The molecule has 0 radical (unpaired) electrons. The zero-order chi connectivity index (χ0) is 15.4. The molecule has 4 nitrogen and oxygen atoms in total. The SMILES string of the molecule is Cc1cc(CN(C)CC2CCN(C)C2)oc1CNC(C)C. The van der Waals surface area contributed by atoms with Crippen molar-refractivity contribution in [1.29, 1.82) is 0 Å². The van der Waals surface area contributed by atoms with Crippen LogP contribution >= 0.6 is 0 Å². The fraction of sp³-hybridized carbons (Fsp3) is 0.765. The fourth-order valence-electron chi connectivity index (χ4n) is 3.09. The van der Waals surface area contributed by atoms with Crippen LogP contribution in [0.3, 0.4) is 0 Å². The molecular formula is C17H31N3O. The maximum Gasteiger partial charge on any atom is 0.120 e. The average molecular weight is 293 g/mol. The number of nitrogens with zero attached hydrogens (tertiary/aromatic N) is 2. The predicted molar refractivity (Wildman–Crippen MR) is 87.4 cm³/mol. The van der Waals surface area contributed by atoms with Crippen molar-refractivity contribution in [1.82, 2.24) is 15.1 Å². The molecule has 0 bridgehead atoms. The summed E-state index contributed by atoms with van der Waals surface area (Å²) in [5.74, 6) is 2.97. The Bertz CT molecular complexity index is 441. The number of rotatable bonds is 7. The number of aryl methyl sites for hydroxylation is 1. The third-order valence-electron chi connectivity index (χ3n) is 4.23. The lowest BCUT2D eigenvalue weighted by atomic mass is 10.1. The van der Waals surface area contributed by atoms with Crippen LogP contribution in [0.15, 0.2) is 10.5 Å². The second-order valence-corrected chi connectivity index (χ2v) is 6.97. The zero-order valence-corrected chi connectivity index (χ0v) is 14.3. The Morgan fingerprint density at radius 2 is 2.24 bits per heavy atom. The molecule has 2 rings (SSSR count). The van der Waals surface area contributed by atoms with E-state index < -0.39 is 0 Å². The molecule has 1 aliphatic rings. The van der Waals surface area contributed by atoms with Gasteiger partial charge in [0.2, 0.25) is 0 Å². The highest BCUT2D eigenvalue weighted by molar-refractivity contribution is 5.20. The largest absolute Gasteiger partial charge is 0.463 e. The molecule has 21 heavy (non-hydrogen) atoms. The molecule has 1 aromatic heterocycles. The molecule has 1 atom stereocenters. The lowest BCUT2D eigenvalue weighted by molar-refractivity contribution is 0.246. The predicted octanol–water partition coefficient (Wildman–Crippen LogP) is 2.47. The molecule has 0 aliphatic carbocycles. The molecule has 1 aliphatic heterocycles. The normalized spacial score (nSPS) is 20.0. The van der Waals surface area contributed by atoms with Crippen molar-refractivity contribution in [3.63, 3.8) is 0 Å². The van der Waals surface area contributed by atoms with Crippen LogP contribution in [0.2, 0.25) is 0 Å². The molecule has 120 valence electrons. The van der Waals surface area contributed by atoms with Crippen LogP contribution in [-0.4, -0.2) is 49.6 Å². The van der Waals surface area contributed by atoms with Gasteiger partial charge in [-0.15, -0.1) is 0 Å². The summed E-state index contributed by atoms with van der Waals surface area (Å²) in [6.07, 6.45) is 1.32. The van der Waals surface area contributed by atoms with Crippen molar-refractivity contribution in [3.8, 4) is 0 Å². The van der Waals surface area contributed by atoms with Gasteiger partial charge in [-0.25, -0.2) is 0 Å². The summed E-state index contributed by atoms with van der Waals surface area (Å²) in [6.45, 7) is 11.8. The average Bonchev–Trinajstić information content (AvgIpc) is 2.93. The van der Waals surface area contributed by atoms with Gasteiger partial charge in [-0.2, -0.15) is 0 Å². The highest BCUT2D eigenvalue weighted by atomic mass is 16.3. The van der Waals surface area contributed by atoms with Crippen molar-refractivity contribution >= 4 is 0 Å². The lowest BCUT2D eigenvalue weighted by Gasteiger charge is -2.19. The van der Waals surface area contributed by atoms with Gasteiger partial charge in [0.15, 0.2) is 0 Å². The minimum absolute atomic E-state index is 0.486. The van der Waals surface area contributed by atoms with Gasteiger partial charge in [0.05, 0.1) is 13.1 Å². The van der Waals surface area contributed by atoms with E-state index in [1.54, 1.807) is 0 Å². The van der Waals surface area contributed by atoms with Crippen LogP contribution in [0.5, 0.6) is 0 Å². The Kier molecular flexibility index (Phi) is 5.85. The van der Waals surface area contributed by atoms with Crippen LogP contribution in [-0.2, 0) is 13.1 Å². The Hall–Kier alpha value is -0.840. The first-order valence-electron chi connectivity index (χ1n) is 8.12. The van der Waals surface area contributed by atoms with E-state index >= 15 is 0 Å². The Morgan fingerprint density at radius 1 is 1.48 bits per heavy atom. The van der Waals surface area contributed by atoms with E-state index in [-0.39, 0.29) is 0 Å². The van der Waals surface area contributed by atoms with E-state index in [0.717, 1.165) is 37.1 Å². The highest BCUT2D eigenvalue weighted by Crippen LogP contribution is 2.19. The molecule has 4 heteroatoms. The molecule has 0 saturated carbocycles. The summed E-state index contributed by atoms with van der Waals surface area (Å²) in [7, 11) is 4.41. The third kappa shape index (κ3) is 5.13. The molecule has 0 spiro atoms. The van der Waals surface area contributed by atoms with Gasteiger partial charge in [-0.1, -0.05) is 13.8 Å². The molecule has 1 N–H and O–H groups in total. The minimum atomic E-state index is 0.486. The van der Waals surface area contributed by atoms with Gasteiger partial charge in [-0.05, 0) is 51.5 Å². The topological polar surface area (TPSA) is 31.6 Å². The van der Waals surface area contributed by atoms with Gasteiger partial charge in [-0.3, -0.25) is 4.90 Å². The monoisotopic (exact) mass is 293 g/mol.